The SMILES string of the molecule is CC(O)Nc1nc2c(C(=O)Nc3cc(F)c4nn(C)cc4c3)ccc(N3C[C@H](C)N[C@@H](C)C3)c2s1. The van der Waals surface area contributed by atoms with Crippen LogP contribution in [0.1, 0.15) is 31.1 Å². The molecule has 1 fully saturated rings. The van der Waals surface area contributed by atoms with Crippen LogP contribution in [-0.4, -0.2) is 57.2 Å². The van der Waals surface area contributed by atoms with Crippen LogP contribution in [0.5, 0.6) is 0 Å². The number of aromatic nitrogens is 3. The van der Waals surface area contributed by atoms with E-state index in [1.807, 2.05) is 6.07 Å². The number of hydrogen-bond acceptors (Lipinski definition) is 8. The number of aliphatic hydroxyl groups excluding tert-OH is 1. The van der Waals surface area contributed by atoms with Crippen molar-refractivity contribution >= 4 is 54.9 Å². The number of aliphatic hydroxyl groups is 1. The van der Waals surface area contributed by atoms with Crippen LogP contribution in [0.3, 0.4) is 0 Å². The number of fused-ring (bicyclic) bond motifs is 2. The maximum absolute atomic E-state index is 14.5. The average Bonchev–Trinajstić information content (AvgIpc) is 3.34. The molecule has 1 aliphatic rings. The molecule has 4 aromatic rings. The van der Waals surface area contributed by atoms with Crippen LogP contribution in [0, 0.1) is 5.82 Å². The van der Waals surface area contributed by atoms with E-state index in [1.165, 1.54) is 22.1 Å². The summed E-state index contributed by atoms with van der Waals surface area (Å²) in [4.78, 5) is 20.3. The highest BCUT2D eigenvalue weighted by atomic mass is 32.1. The molecule has 2 aromatic heterocycles. The Morgan fingerprint density at radius 1 is 1.26 bits per heavy atom. The number of aryl methyl sites for hydroxylation is 1. The van der Waals surface area contributed by atoms with E-state index in [0.717, 1.165) is 23.5 Å². The largest absolute Gasteiger partial charge is 0.374 e. The molecule has 1 aliphatic heterocycles. The summed E-state index contributed by atoms with van der Waals surface area (Å²) in [7, 11) is 1.72. The summed E-state index contributed by atoms with van der Waals surface area (Å²) in [5, 5.41) is 24.3. The molecule has 0 bridgehead atoms. The number of carbonyl (C=O) groups is 1. The van der Waals surface area contributed by atoms with Crippen molar-refractivity contribution in [3.05, 3.63) is 41.8 Å². The lowest BCUT2D eigenvalue weighted by Gasteiger charge is -2.37. The molecular weight excluding hydrogens is 469 g/mol. The maximum atomic E-state index is 14.5. The number of hydrogen-bond donors (Lipinski definition) is 4. The quantitative estimate of drug-likeness (QED) is 0.313. The lowest BCUT2D eigenvalue weighted by Crippen LogP contribution is -2.54. The van der Waals surface area contributed by atoms with Gasteiger partial charge in [0.15, 0.2) is 10.9 Å². The number of nitrogens with one attached hydrogen (secondary N) is 3. The third kappa shape index (κ3) is 4.66. The number of amides is 1. The number of anilines is 3. The van der Waals surface area contributed by atoms with E-state index in [-0.39, 0.29) is 11.4 Å². The van der Waals surface area contributed by atoms with E-state index in [2.05, 4.69) is 44.8 Å². The van der Waals surface area contributed by atoms with Crippen molar-refractivity contribution < 1.29 is 14.3 Å². The van der Waals surface area contributed by atoms with Gasteiger partial charge in [0.2, 0.25) is 0 Å². The summed E-state index contributed by atoms with van der Waals surface area (Å²) in [5.74, 6) is -0.891. The fourth-order valence-corrected chi connectivity index (χ4v) is 5.79. The van der Waals surface area contributed by atoms with Crippen LogP contribution in [-0.2, 0) is 7.05 Å². The standard InChI is InChI=1S/C24H28FN7O2S/c1-12-9-32(10-13(2)26-12)19-6-5-17(21-22(19)35-24(29-21)27-14(3)33)23(34)28-16-7-15-11-31(4)30-20(15)18(25)8-16/h5-8,11-14,26,33H,9-10H2,1-4H3,(H,27,29)(H,28,34)/t12-,13-,14?/m0/s1. The number of thiazole rings is 1. The van der Waals surface area contributed by atoms with Crippen LogP contribution >= 0.6 is 11.3 Å². The minimum Gasteiger partial charge on any atom is -0.374 e. The zero-order valence-electron chi connectivity index (χ0n) is 20.0. The lowest BCUT2D eigenvalue weighted by atomic mass is 10.1. The summed E-state index contributed by atoms with van der Waals surface area (Å²) < 4.78 is 16.9. The third-order valence-electron chi connectivity index (χ3n) is 5.93. The molecule has 9 nitrogen and oxygen atoms in total. The van der Waals surface area contributed by atoms with Gasteiger partial charge in [0.05, 0.1) is 21.5 Å². The second kappa shape index (κ2) is 9.06. The number of halogens is 1. The molecule has 1 amide bonds. The summed E-state index contributed by atoms with van der Waals surface area (Å²) >= 11 is 1.40. The summed E-state index contributed by atoms with van der Waals surface area (Å²) in [6.45, 7) is 7.56. The highest BCUT2D eigenvalue weighted by Gasteiger charge is 2.26. The number of carbonyl (C=O) groups excluding carboxylic acids is 1. The van der Waals surface area contributed by atoms with E-state index < -0.39 is 12.0 Å². The van der Waals surface area contributed by atoms with E-state index in [4.69, 9.17) is 0 Å². The maximum Gasteiger partial charge on any atom is 0.257 e. The van der Waals surface area contributed by atoms with E-state index >= 15 is 0 Å². The first kappa shape index (κ1) is 23.5. The van der Waals surface area contributed by atoms with Gasteiger partial charge in [-0.2, -0.15) is 5.10 Å². The van der Waals surface area contributed by atoms with Gasteiger partial charge in [-0.3, -0.25) is 9.48 Å². The molecule has 11 heteroatoms. The second-order valence-electron chi connectivity index (χ2n) is 9.18. The third-order valence-corrected chi connectivity index (χ3v) is 6.94. The van der Waals surface area contributed by atoms with E-state index in [1.54, 1.807) is 32.3 Å². The van der Waals surface area contributed by atoms with Gasteiger partial charge in [-0.1, -0.05) is 11.3 Å². The van der Waals surface area contributed by atoms with Gasteiger partial charge >= 0.3 is 0 Å². The first-order chi connectivity index (χ1) is 16.7. The van der Waals surface area contributed by atoms with Crippen LogP contribution in [0.25, 0.3) is 21.1 Å². The minimum atomic E-state index is -0.787. The van der Waals surface area contributed by atoms with Crippen molar-refractivity contribution in [1.82, 2.24) is 20.1 Å². The predicted octanol–water partition coefficient (Wildman–Crippen LogP) is 3.51. The van der Waals surface area contributed by atoms with Crippen LogP contribution in [0.2, 0.25) is 0 Å². The van der Waals surface area contributed by atoms with Crippen molar-refractivity contribution in [2.75, 3.05) is 28.6 Å². The highest BCUT2D eigenvalue weighted by molar-refractivity contribution is 7.22. The molecule has 0 radical (unpaired) electrons. The number of benzene rings is 2. The summed E-state index contributed by atoms with van der Waals surface area (Å²) in [6, 6.07) is 7.30. The minimum absolute atomic E-state index is 0.255. The fraction of sp³-hybridized carbons (Fsp3) is 0.375. The molecule has 4 N–H and O–H groups in total. The van der Waals surface area contributed by atoms with E-state index in [0.29, 0.717) is 39.4 Å². The first-order valence-corrected chi connectivity index (χ1v) is 12.3. The van der Waals surface area contributed by atoms with E-state index in [9.17, 15) is 14.3 Å². The monoisotopic (exact) mass is 497 g/mol. The van der Waals surface area contributed by atoms with Crippen LogP contribution < -0.4 is 20.9 Å². The molecule has 0 spiro atoms. The van der Waals surface area contributed by atoms with Crippen molar-refractivity contribution in [1.29, 1.82) is 0 Å². The Kier molecular flexibility index (Phi) is 6.07. The van der Waals surface area contributed by atoms with Gasteiger partial charge in [-0.15, -0.1) is 0 Å². The van der Waals surface area contributed by atoms with Gasteiger partial charge in [-0.25, -0.2) is 9.37 Å². The molecule has 35 heavy (non-hydrogen) atoms. The lowest BCUT2D eigenvalue weighted by molar-refractivity contribution is 0.102. The van der Waals surface area contributed by atoms with Gasteiger partial charge in [-0.05, 0) is 45.0 Å². The number of nitrogens with zero attached hydrogens (tertiary/aromatic N) is 4. The Morgan fingerprint density at radius 2 is 2.00 bits per heavy atom. The molecule has 0 saturated carbocycles. The smallest absolute Gasteiger partial charge is 0.257 e. The zero-order valence-corrected chi connectivity index (χ0v) is 20.8. The molecule has 0 aliphatic carbocycles. The molecule has 1 unspecified atom stereocenters. The molecule has 2 aromatic carbocycles. The average molecular weight is 498 g/mol. The Bertz CT molecular complexity index is 1410. The highest BCUT2D eigenvalue weighted by Crippen LogP contribution is 2.37. The summed E-state index contributed by atoms with van der Waals surface area (Å²) in [5.41, 5.74) is 2.50. The van der Waals surface area contributed by atoms with Gasteiger partial charge in [0.25, 0.3) is 5.91 Å². The number of rotatable bonds is 5. The van der Waals surface area contributed by atoms with Crippen molar-refractivity contribution in [2.24, 2.45) is 7.05 Å². The topological polar surface area (TPSA) is 107 Å². The molecule has 1 saturated heterocycles. The molecule has 3 atom stereocenters. The van der Waals surface area contributed by atoms with Crippen LogP contribution in [0.4, 0.5) is 20.9 Å². The Labute approximate surface area is 205 Å². The van der Waals surface area contributed by atoms with Crippen molar-refractivity contribution in [3.63, 3.8) is 0 Å². The Morgan fingerprint density at radius 3 is 2.71 bits per heavy atom. The molecule has 184 valence electrons. The first-order valence-electron chi connectivity index (χ1n) is 11.5. The number of piperazine rings is 1. The van der Waals surface area contributed by atoms with Gasteiger partial charge in [0.1, 0.15) is 11.7 Å². The zero-order chi connectivity index (χ0) is 24.9. The normalized spacial score (nSPS) is 19.3. The van der Waals surface area contributed by atoms with Crippen molar-refractivity contribution in [2.45, 2.75) is 39.1 Å². The summed E-state index contributed by atoms with van der Waals surface area (Å²) in [6.07, 6.45) is 0.912. The Balaban J connectivity index is 1.53. The van der Waals surface area contributed by atoms with Gasteiger partial charge < -0.3 is 26.0 Å². The van der Waals surface area contributed by atoms with Crippen LogP contribution in [0.15, 0.2) is 30.5 Å². The Hall–Kier alpha value is -3.28. The fourth-order valence-electron chi connectivity index (χ4n) is 4.67. The second-order valence-corrected chi connectivity index (χ2v) is 10.2. The van der Waals surface area contributed by atoms with Crippen molar-refractivity contribution in [3.8, 4) is 0 Å². The predicted molar refractivity (Wildman–Crippen MR) is 138 cm³/mol. The molecular formula is C24H28FN7O2S. The molecule has 5 rings (SSSR count). The molecule has 3 heterocycles. The van der Waals surface area contributed by atoms with Gasteiger partial charge in [0, 0.05) is 49.5 Å².